The molecule has 5 nitrogen and oxygen atoms in total. The third kappa shape index (κ3) is 4.71. The molecular weight excluding hydrogens is 344 g/mol. The fourth-order valence-corrected chi connectivity index (χ4v) is 4.08. The molecule has 1 fully saturated rings. The molecule has 152 valence electrons. The summed E-state index contributed by atoms with van der Waals surface area (Å²) in [7, 11) is 1.35. The average molecular weight is 379 g/mol. The van der Waals surface area contributed by atoms with Gasteiger partial charge in [-0.3, -0.25) is 0 Å². The Hall–Kier alpha value is -1.43. The van der Waals surface area contributed by atoms with Crippen molar-refractivity contribution in [1.82, 2.24) is 0 Å². The Morgan fingerprint density at radius 3 is 2.59 bits per heavy atom. The van der Waals surface area contributed by atoms with Crippen LogP contribution in [0.3, 0.4) is 0 Å². The molecule has 2 heterocycles. The lowest BCUT2D eigenvalue weighted by Gasteiger charge is -2.53. The molecule has 8 atom stereocenters. The molecule has 1 saturated heterocycles. The normalized spacial score (nSPS) is 40.7. The van der Waals surface area contributed by atoms with E-state index >= 15 is 0 Å². The lowest BCUT2D eigenvalue weighted by atomic mass is 9.76. The highest BCUT2D eigenvalue weighted by Crippen LogP contribution is 2.45. The average Bonchev–Trinajstić information content (AvgIpc) is 2.66. The lowest BCUT2D eigenvalue weighted by molar-refractivity contribution is -0.334. The van der Waals surface area contributed by atoms with E-state index in [2.05, 4.69) is 24.7 Å². The first kappa shape index (κ1) is 21.9. The SMILES string of the molecule is CC[C@H]1C=C[C@]2(O[C@@H]([C@@H](C)/C=C/C=C/C(=O)OC)[C@@H](C)[C@@H](O)[C@H]2C)O[C@@H]1C. The molecule has 0 unspecified atom stereocenters. The van der Waals surface area contributed by atoms with Crippen LogP contribution in [0.4, 0.5) is 0 Å². The van der Waals surface area contributed by atoms with Gasteiger partial charge in [-0.15, -0.1) is 0 Å². The largest absolute Gasteiger partial charge is 0.466 e. The van der Waals surface area contributed by atoms with Gasteiger partial charge in [0.25, 0.3) is 0 Å². The zero-order valence-corrected chi connectivity index (χ0v) is 17.3. The molecule has 0 aromatic carbocycles. The van der Waals surface area contributed by atoms with Crippen molar-refractivity contribution in [3.63, 3.8) is 0 Å². The first-order valence-corrected chi connectivity index (χ1v) is 9.91. The highest BCUT2D eigenvalue weighted by molar-refractivity contribution is 5.82. The van der Waals surface area contributed by atoms with Crippen LogP contribution in [-0.2, 0) is 19.0 Å². The van der Waals surface area contributed by atoms with Gasteiger partial charge in [0.1, 0.15) is 0 Å². The van der Waals surface area contributed by atoms with E-state index in [1.165, 1.54) is 13.2 Å². The molecule has 2 aliphatic rings. The second kappa shape index (κ2) is 9.18. The van der Waals surface area contributed by atoms with Gasteiger partial charge in [-0.1, -0.05) is 52.0 Å². The quantitative estimate of drug-likeness (QED) is 0.342. The second-order valence-electron chi connectivity index (χ2n) is 7.82. The van der Waals surface area contributed by atoms with Gasteiger partial charge in [0.2, 0.25) is 0 Å². The van der Waals surface area contributed by atoms with E-state index in [1.54, 1.807) is 6.08 Å². The summed E-state index contributed by atoms with van der Waals surface area (Å²) in [5, 5.41) is 10.9. The molecule has 1 N–H and O–H groups in total. The van der Waals surface area contributed by atoms with Crippen molar-refractivity contribution in [3.8, 4) is 0 Å². The highest BCUT2D eigenvalue weighted by Gasteiger charge is 2.53. The Bertz CT molecular complexity index is 596. The van der Waals surface area contributed by atoms with Crippen molar-refractivity contribution in [2.45, 2.75) is 65.1 Å². The van der Waals surface area contributed by atoms with Crippen LogP contribution in [0, 0.1) is 23.7 Å². The van der Waals surface area contributed by atoms with E-state index in [-0.39, 0.29) is 30.0 Å². The van der Waals surface area contributed by atoms with E-state index in [1.807, 2.05) is 39.0 Å². The van der Waals surface area contributed by atoms with Gasteiger partial charge in [0.15, 0.2) is 5.79 Å². The van der Waals surface area contributed by atoms with Crippen molar-refractivity contribution < 1.29 is 24.1 Å². The molecule has 0 aromatic heterocycles. The van der Waals surface area contributed by atoms with Crippen molar-refractivity contribution in [3.05, 3.63) is 36.5 Å². The van der Waals surface area contributed by atoms with Crippen LogP contribution < -0.4 is 0 Å². The van der Waals surface area contributed by atoms with Gasteiger partial charge in [-0.05, 0) is 19.4 Å². The number of allylic oxidation sites excluding steroid dienone is 2. The summed E-state index contributed by atoms with van der Waals surface area (Å²) in [6.45, 7) is 10.3. The molecule has 0 bridgehead atoms. The molecule has 0 aliphatic carbocycles. The molecule has 0 radical (unpaired) electrons. The Kier molecular flexibility index (Phi) is 7.43. The fourth-order valence-electron chi connectivity index (χ4n) is 4.08. The number of carbonyl (C=O) groups is 1. The summed E-state index contributed by atoms with van der Waals surface area (Å²) in [5.41, 5.74) is 0. The number of hydrogen-bond donors (Lipinski definition) is 1. The van der Waals surface area contributed by atoms with Crippen LogP contribution in [-0.4, -0.2) is 42.3 Å². The molecule has 2 aliphatic heterocycles. The first-order chi connectivity index (χ1) is 12.8. The summed E-state index contributed by atoms with van der Waals surface area (Å²) >= 11 is 0. The van der Waals surface area contributed by atoms with Gasteiger partial charge in [0.05, 0.1) is 25.4 Å². The van der Waals surface area contributed by atoms with Gasteiger partial charge < -0.3 is 19.3 Å². The number of aliphatic hydroxyl groups excluding tert-OH is 1. The van der Waals surface area contributed by atoms with Gasteiger partial charge >= 0.3 is 5.97 Å². The predicted octanol–water partition coefficient (Wildman–Crippen LogP) is 3.64. The zero-order chi connectivity index (χ0) is 20.2. The molecule has 0 aromatic rings. The summed E-state index contributed by atoms with van der Waals surface area (Å²) < 4.78 is 17.4. The second-order valence-corrected chi connectivity index (χ2v) is 7.82. The number of ether oxygens (including phenoxy) is 3. The van der Waals surface area contributed by atoms with Crippen LogP contribution in [0.1, 0.15) is 41.0 Å². The van der Waals surface area contributed by atoms with Gasteiger partial charge in [-0.2, -0.15) is 0 Å². The van der Waals surface area contributed by atoms with Crippen molar-refractivity contribution in [2.75, 3.05) is 7.11 Å². The van der Waals surface area contributed by atoms with E-state index in [9.17, 15) is 9.90 Å². The third-order valence-corrected chi connectivity index (χ3v) is 6.02. The van der Waals surface area contributed by atoms with Crippen molar-refractivity contribution >= 4 is 5.97 Å². The topological polar surface area (TPSA) is 65.0 Å². The van der Waals surface area contributed by atoms with Crippen LogP contribution in [0.15, 0.2) is 36.5 Å². The maximum absolute atomic E-state index is 11.1. The smallest absolute Gasteiger partial charge is 0.330 e. The third-order valence-electron chi connectivity index (χ3n) is 6.02. The number of methoxy groups -OCH3 is 1. The fraction of sp³-hybridized carbons (Fsp3) is 0.682. The van der Waals surface area contributed by atoms with E-state index in [0.717, 1.165) is 6.42 Å². The van der Waals surface area contributed by atoms with Crippen molar-refractivity contribution in [1.29, 1.82) is 0 Å². The minimum absolute atomic E-state index is 0.0360. The summed E-state index contributed by atoms with van der Waals surface area (Å²) in [4.78, 5) is 11.1. The van der Waals surface area contributed by atoms with Gasteiger partial charge in [0, 0.05) is 29.7 Å². The van der Waals surface area contributed by atoms with Gasteiger partial charge in [-0.25, -0.2) is 4.79 Å². The van der Waals surface area contributed by atoms with E-state index in [0.29, 0.717) is 5.92 Å². The summed E-state index contributed by atoms with van der Waals surface area (Å²) in [6, 6.07) is 0. The number of carbonyl (C=O) groups excluding carboxylic acids is 1. The Labute approximate surface area is 163 Å². The monoisotopic (exact) mass is 378 g/mol. The lowest BCUT2D eigenvalue weighted by Crippen LogP contribution is -2.60. The van der Waals surface area contributed by atoms with E-state index < -0.39 is 17.9 Å². The van der Waals surface area contributed by atoms with Crippen LogP contribution in [0.25, 0.3) is 0 Å². The highest BCUT2D eigenvalue weighted by atomic mass is 16.7. The minimum Gasteiger partial charge on any atom is -0.466 e. The molecule has 5 heteroatoms. The van der Waals surface area contributed by atoms with Crippen LogP contribution >= 0.6 is 0 Å². The first-order valence-electron chi connectivity index (χ1n) is 9.91. The molecule has 0 amide bonds. The van der Waals surface area contributed by atoms with E-state index in [4.69, 9.17) is 9.47 Å². The molecule has 1 spiro atoms. The maximum atomic E-state index is 11.1. The number of aliphatic hydroxyl groups is 1. The summed E-state index contributed by atoms with van der Waals surface area (Å²) in [5.74, 6) is -1.08. The van der Waals surface area contributed by atoms with Crippen molar-refractivity contribution in [2.24, 2.45) is 23.7 Å². The number of hydrogen-bond acceptors (Lipinski definition) is 5. The Morgan fingerprint density at radius 1 is 1.30 bits per heavy atom. The minimum atomic E-state index is -0.897. The Morgan fingerprint density at radius 2 is 2.00 bits per heavy atom. The zero-order valence-electron chi connectivity index (χ0n) is 17.3. The van der Waals surface area contributed by atoms with Crippen LogP contribution in [0.5, 0.6) is 0 Å². The summed E-state index contributed by atoms with van der Waals surface area (Å²) in [6.07, 6.45) is 11.3. The predicted molar refractivity (Wildman–Crippen MR) is 105 cm³/mol. The standard InChI is InChI=1S/C22H34O5/c1-7-18-12-13-22(26-17(18)5)16(4)20(24)15(3)21(27-22)14(2)10-8-9-11-19(23)25-6/h8-18,20-21,24H,7H2,1-6H3/b10-8+,11-9+/t14-,15-,16+,17+,18-,20+,21-,22+/m0/s1. The Balaban J connectivity index is 2.18. The number of esters is 1. The molecule has 27 heavy (non-hydrogen) atoms. The molecule has 0 saturated carbocycles. The molecular formula is C22H34O5. The van der Waals surface area contributed by atoms with Crippen LogP contribution in [0.2, 0.25) is 0 Å². The molecule has 2 rings (SSSR count). The maximum Gasteiger partial charge on any atom is 0.330 e. The number of rotatable bonds is 5.